The summed E-state index contributed by atoms with van der Waals surface area (Å²) in [5.41, 5.74) is 4.59. The zero-order chi connectivity index (χ0) is 19.5. The van der Waals surface area contributed by atoms with E-state index < -0.39 is 23.5 Å². The lowest BCUT2D eigenvalue weighted by Gasteiger charge is -2.29. The number of carbonyl (C=O) groups is 3. The zero-order valence-corrected chi connectivity index (χ0v) is 15.4. The van der Waals surface area contributed by atoms with Gasteiger partial charge in [0.15, 0.2) is 5.78 Å². The van der Waals surface area contributed by atoms with E-state index in [0.29, 0.717) is 12.8 Å². The van der Waals surface area contributed by atoms with Gasteiger partial charge in [-0.1, -0.05) is 45.1 Å². The maximum Gasteiger partial charge on any atom is 0.404 e. The van der Waals surface area contributed by atoms with Crippen LogP contribution in [-0.2, 0) is 14.3 Å². The van der Waals surface area contributed by atoms with Crippen molar-refractivity contribution in [2.75, 3.05) is 0 Å². The maximum atomic E-state index is 12.4. The molecule has 0 aromatic carbocycles. The summed E-state index contributed by atoms with van der Waals surface area (Å²) in [6.07, 6.45) is 12.2. The number of hydrogen-bond donors (Lipinski definition) is 2. The summed E-state index contributed by atoms with van der Waals surface area (Å²) in [5.74, 6) is 1.20. The summed E-state index contributed by atoms with van der Waals surface area (Å²) >= 11 is 0. The molecule has 0 heterocycles. The van der Waals surface area contributed by atoms with Crippen molar-refractivity contribution in [3.63, 3.8) is 0 Å². The van der Waals surface area contributed by atoms with E-state index in [4.69, 9.17) is 16.9 Å². The third kappa shape index (κ3) is 10.0. The Bertz CT molecular complexity index is 565. The topological polar surface area (TPSA) is 98.5 Å². The number of primary amides is 1. The number of rotatable bonds is 9. The van der Waals surface area contributed by atoms with Gasteiger partial charge in [-0.05, 0) is 18.3 Å². The maximum absolute atomic E-state index is 12.4. The van der Waals surface area contributed by atoms with Crippen molar-refractivity contribution < 1.29 is 19.1 Å². The van der Waals surface area contributed by atoms with Gasteiger partial charge >= 0.3 is 6.09 Å². The summed E-state index contributed by atoms with van der Waals surface area (Å²) < 4.78 is 5.00. The van der Waals surface area contributed by atoms with Gasteiger partial charge in [0.1, 0.15) is 6.10 Å². The first-order chi connectivity index (χ1) is 11.6. The molecule has 0 aliphatic heterocycles. The summed E-state index contributed by atoms with van der Waals surface area (Å²) in [6.45, 7) is 7.42. The average molecular weight is 348 g/mol. The van der Waals surface area contributed by atoms with Gasteiger partial charge in [-0.2, -0.15) is 0 Å². The van der Waals surface area contributed by atoms with Crippen LogP contribution in [0.25, 0.3) is 0 Å². The number of nitrogens with two attached hydrogens (primary N) is 1. The number of carbonyl (C=O) groups excluding carboxylic acids is 3. The Kier molecular flexibility index (Phi) is 9.95. The van der Waals surface area contributed by atoms with Crippen molar-refractivity contribution >= 4 is 17.8 Å². The van der Waals surface area contributed by atoms with Crippen LogP contribution >= 0.6 is 0 Å². The molecule has 0 spiro atoms. The van der Waals surface area contributed by atoms with Crippen LogP contribution in [0, 0.1) is 17.8 Å². The molecule has 6 nitrogen and oxygen atoms in total. The van der Waals surface area contributed by atoms with Crippen molar-refractivity contribution in [2.24, 2.45) is 11.1 Å². The second-order valence-corrected chi connectivity index (χ2v) is 6.66. The molecule has 0 aliphatic carbocycles. The fourth-order valence-corrected chi connectivity index (χ4v) is 2.16. The van der Waals surface area contributed by atoms with Crippen LogP contribution in [0.2, 0.25) is 0 Å². The van der Waals surface area contributed by atoms with E-state index in [0.717, 1.165) is 0 Å². The van der Waals surface area contributed by atoms with Crippen LogP contribution in [0.5, 0.6) is 0 Å². The molecule has 25 heavy (non-hydrogen) atoms. The van der Waals surface area contributed by atoms with E-state index in [1.165, 1.54) is 0 Å². The van der Waals surface area contributed by atoms with Crippen LogP contribution in [0.4, 0.5) is 4.79 Å². The van der Waals surface area contributed by atoms with Crippen LogP contribution in [0.1, 0.15) is 47.0 Å². The SMILES string of the molecule is C#CC(=O)N[C@H](C(=O)C/C=C\C[C@H](C/C=C\C)OC(N)=O)C(C)(C)C. The molecule has 0 aliphatic rings. The van der Waals surface area contributed by atoms with Crippen molar-refractivity contribution in [1.82, 2.24) is 5.32 Å². The first kappa shape index (κ1) is 22.4. The standard InChI is InChI=1S/C19H28N2O4/c1-6-8-11-14(25-18(20)24)12-9-10-13-15(22)17(19(3,4)5)21-16(23)7-2/h2,6,8-10,14,17H,11-13H2,1,3-5H3,(H2,20,24)(H,21,23)/b8-6-,10-9-/t14-,17+/m0/s1. The number of allylic oxidation sites excluding steroid dienone is 2. The molecular weight excluding hydrogens is 320 g/mol. The third-order valence-corrected chi connectivity index (χ3v) is 3.40. The van der Waals surface area contributed by atoms with Crippen molar-refractivity contribution in [3.05, 3.63) is 24.3 Å². The summed E-state index contributed by atoms with van der Waals surface area (Å²) in [5, 5.41) is 2.56. The normalized spacial score (nSPS) is 14.0. The number of terminal acetylenes is 1. The number of ketones is 1. The highest BCUT2D eigenvalue weighted by molar-refractivity contribution is 5.97. The highest BCUT2D eigenvalue weighted by Crippen LogP contribution is 2.21. The molecule has 2 atom stereocenters. The minimum atomic E-state index is -0.830. The van der Waals surface area contributed by atoms with E-state index in [2.05, 4.69) is 5.32 Å². The molecule has 0 bridgehead atoms. The lowest BCUT2D eigenvalue weighted by molar-refractivity contribution is -0.127. The largest absolute Gasteiger partial charge is 0.446 e. The smallest absolute Gasteiger partial charge is 0.404 e. The average Bonchev–Trinajstić information content (AvgIpc) is 2.51. The number of Topliss-reactive ketones (excluding diaryl/α,β-unsaturated/α-hetero) is 1. The van der Waals surface area contributed by atoms with E-state index in [9.17, 15) is 14.4 Å². The molecule has 2 amide bonds. The van der Waals surface area contributed by atoms with Crippen LogP contribution in [0.15, 0.2) is 24.3 Å². The van der Waals surface area contributed by atoms with Gasteiger partial charge in [-0.15, -0.1) is 6.42 Å². The molecule has 0 rings (SSSR count). The third-order valence-electron chi connectivity index (χ3n) is 3.40. The quantitative estimate of drug-likeness (QED) is 0.494. The van der Waals surface area contributed by atoms with Crippen molar-refractivity contribution in [1.29, 1.82) is 0 Å². The van der Waals surface area contributed by atoms with Crippen molar-refractivity contribution in [2.45, 2.75) is 59.1 Å². The molecular formula is C19H28N2O4. The van der Waals surface area contributed by atoms with Gasteiger partial charge in [-0.3, -0.25) is 9.59 Å². The Labute approximate surface area is 149 Å². The molecule has 3 N–H and O–H groups in total. The molecule has 0 saturated carbocycles. The second kappa shape index (κ2) is 11.1. The molecule has 0 unspecified atom stereocenters. The number of ether oxygens (including phenoxy) is 1. The fraction of sp³-hybridized carbons (Fsp3) is 0.526. The van der Waals surface area contributed by atoms with E-state index >= 15 is 0 Å². The minimum Gasteiger partial charge on any atom is -0.446 e. The van der Waals surface area contributed by atoms with Crippen LogP contribution in [0.3, 0.4) is 0 Å². The molecule has 6 heteroatoms. The molecule has 0 aromatic heterocycles. The Morgan fingerprint density at radius 3 is 2.28 bits per heavy atom. The molecule has 0 fully saturated rings. The Hall–Kier alpha value is -2.55. The Morgan fingerprint density at radius 1 is 1.20 bits per heavy atom. The monoisotopic (exact) mass is 348 g/mol. The lowest BCUT2D eigenvalue weighted by atomic mass is 9.83. The first-order valence-corrected chi connectivity index (χ1v) is 8.13. The molecule has 0 saturated heterocycles. The molecule has 138 valence electrons. The Morgan fingerprint density at radius 2 is 1.80 bits per heavy atom. The van der Waals surface area contributed by atoms with Gasteiger partial charge in [0.05, 0.1) is 6.04 Å². The molecule has 0 radical (unpaired) electrons. The number of hydrogen-bond acceptors (Lipinski definition) is 4. The highest BCUT2D eigenvalue weighted by atomic mass is 16.6. The second-order valence-electron chi connectivity index (χ2n) is 6.66. The van der Waals surface area contributed by atoms with E-state index in [-0.39, 0.29) is 18.3 Å². The predicted octanol–water partition coefficient (Wildman–Crippen LogP) is 2.49. The molecule has 0 aromatic rings. The summed E-state index contributed by atoms with van der Waals surface area (Å²) in [4.78, 5) is 34.7. The Balaban J connectivity index is 4.75. The van der Waals surface area contributed by atoms with Gasteiger partial charge in [0, 0.05) is 19.3 Å². The first-order valence-electron chi connectivity index (χ1n) is 8.13. The van der Waals surface area contributed by atoms with E-state index in [1.807, 2.05) is 45.8 Å². The van der Waals surface area contributed by atoms with Gasteiger partial charge in [0.25, 0.3) is 5.91 Å². The fourth-order valence-electron chi connectivity index (χ4n) is 2.16. The summed E-state index contributed by atoms with van der Waals surface area (Å²) in [7, 11) is 0. The minimum absolute atomic E-state index is 0.139. The number of nitrogens with one attached hydrogen (secondary N) is 1. The lowest BCUT2D eigenvalue weighted by Crippen LogP contribution is -2.48. The highest BCUT2D eigenvalue weighted by Gasteiger charge is 2.31. The zero-order valence-electron chi connectivity index (χ0n) is 15.4. The van der Waals surface area contributed by atoms with Gasteiger partial charge < -0.3 is 15.8 Å². The van der Waals surface area contributed by atoms with Crippen LogP contribution < -0.4 is 11.1 Å². The predicted molar refractivity (Wildman–Crippen MR) is 97.5 cm³/mol. The summed E-state index contributed by atoms with van der Waals surface area (Å²) in [6, 6.07) is -0.679. The van der Waals surface area contributed by atoms with Gasteiger partial charge in [-0.25, -0.2) is 4.79 Å². The van der Waals surface area contributed by atoms with Crippen LogP contribution in [-0.4, -0.2) is 29.9 Å². The van der Waals surface area contributed by atoms with Crippen molar-refractivity contribution in [3.8, 4) is 12.3 Å². The number of amides is 2. The van der Waals surface area contributed by atoms with E-state index in [1.54, 1.807) is 12.2 Å². The van der Waals surface area contributed by atoms with Gasteiger partial charge in [0.2, 0.25) is 0 Å².